The summed E-state index contributed by atoms with van der Waals surface area (Å²) in [6.07, 6.45) is 1.66. The Labute approximate surface area is 144 Å². The Hall–Kier alpha value is -3.19. The Bertz CT molecular complexity index is 1010. The second kappa shape index (κ2) is 6.37. The number of hydrogen-bond acceptors (Lipinski definition) is 6. The second-order valence-electron chi connectivity index (χ2n) is 5.71. The fourth-order valence-corrected chi connectivity index (χ4v) is 2.89. The first kappa shape index (κ1) is 15.3. The van der Waals surface area contributed by atoms with Crippen molar-refractivity contribution < 1.29 is 5.11 Å². The predicted molar refractivity (Wildman–Crippen MR) is 98.4 cm³/mol. The minimum Gasteiger partial charge on any atom is -0.395 e. The van der Waals surface area contributed by atoms with Gasteiger partial charge in [-0.05, 0) is 30.3 Å². The van der Waals surface area contributed by atoms with Crippen molar-refractivity contribution in [2.24, 2.45) is 0 Å². The fraction of sp³-hybridized carbons (Fsp3) is 0.167. The van der Waals surface area contributed by atoms with E-state index in [9.17, 15) is 0 Å². The first-order valence-electron chi connectivity index (χ1n) is 8.05. The number of hydrogen-bond donors (Lipinski definition) is 2. The summed E-state index contributed by atoms with van der Waals surface area (Å²) >= 11 is 0. The van der Waals surface area contributed by atoms with E-state index in [0.29, 0.717) is 12.3 Å². The molecule has 2 N–H and O–H groups in total. The zero-order valence-electron chi connectivity index (χ0n) is 13.8. The normalized spacial score (nSPS) is 11.1. The van der Waals surface area contributed by atoms with Gasteiger partial charge in [0.1, 0.15) is 12.1 Å². The Morgan fingerprint density at radius 2 is 2.00 bits per heavy atom. The molecule has 0 amide bonds. The molecule has 0 atom stereocenters. The van der Waals surface area contributed by atoms with Crippen LogP contribution in [0.15, 0.2) is 54.9 Å². The third-order valence-electron chi connectivity index (χ3n) is 4.14. The third kappa shape index (κ3) is 2.74. The maximum atomic E-state index is 9.02. The average molecular weight is 334 g/mol. The van der Waals surface area contributed by atoms with Crippen molar-refractivity contribution in [1.82, 2.24) is 19.6 Å². The topological polar surface area (TPSA) is 78.6 Å². The van der Waals surface area contributed by atoms with Crippen LogP contribution in [0.2, 0.25) is 0 Å². The number of aliphatic hydroxyl groups excluding tert-OH is 1. The largest absolute Gasteiger partial charge is 0.395 e. The van der Waals surface area contributed by atoms with Gasteiger partial charge in [0.15, 0.2) is 0 Å². The van der Waals surface area contributed by atoms with E-state index in [0.717, 1.165) is 28.1 Å². The number of nitrogens with one attached hydrogen (secondary N) is 1. The molecule has 4 rings (SSSR count). The first-order chi connectivity index (χ1) is 12.3. The Balaban J connectivity index is 1.91. The molecule has 2 aromatic carbocycles. The molecule has 0 spiro atoms. The summed E-state index contributed by atoms with van der Waals surface area (Å²) in [5.41, 5.74) is 2.93. The van der Waals surface area contributed by atoms with Gasteiger partial charge >= 0.3 is 0 Å². The van der Waals surface area contributed by atoms with Crippen LogP contribution in [0.25, 0.3) is 16.7 Å². The van der Waals surface area contributed by atoms with Crippen molar-refractivity contribution in [3.63, 3.8) is 0 Å². The lowest BCUT2D eigenvalue weighted by atomic mass is 10.2. The van der Waals surface area contributed by atoms with Gasteiger partial charge in [0.25, 0.3) is 5.78 Å². The van der Waals surface area contributed by atoms with Gasteiger partial charge in [0, 0.05) is 30.4 Å². The maximum Gasteiger partial charge on any atom is 0.257 e. The Morgan fingerprint density at radius 1 is 1.16 bits per heavy atom. The van der Waals surface area contributed by atoms with Gasteiger partial charge < -0.3 is 15.3 Å². The smallest absolute Gasteiger partial charge is 0.257 e. The molecule has 0 aliphatic carbocycles. The molecule has 2 heterocycles. The van der Waals surface area contributed by atoms with E-state index in [-0.39, 0.29) is 6.61 Å². The number of anilines is 3. The number of aliphatic hydroxyl groups is 1. The minimum absolute atomic E-state index is 0.0818. The number of nitrogens with zero attached hydrogens (tertiary/aromatic N) is 5. The monoisotopic (exact) mass is 334 g/mol. The van der Waals surface area contributed by atoms with Gasteiger partial charge in [0.2, 0.25) is 0 Å². The molecule has 0 fully saturated rings. The van der Waals surface area contributed by atoms with Crippen molar-refractivity contribution in [3.8, 4) is 0 Å². The molecule has 25 heavy (non-hydrogen) atoms. The highest BCUT2D eigenvalue weighted by molar-refractivity contribution is 5.95. The standard InChI is InChI=1S/C18H18N6O/c1-23(14-5-3-2-4-6-14)17-15-8-7-13(19-9-10-25)11-16(15)24-12-20-22-18(24)21-17/h2-8,11-12,19,25H,9-10H2,1H3. The summed E-state index contributed by atoms with van der Waals surface area (Å²) < 4.78 is 1.86. The predicted octanol–water partition coefficient (Wildman–Crippen LogP) is 2.45. The fourth-order valence-electron chi connectivity index (χ4n) is 2.89. The summed E-state index contributed by atoms with van der Waals surface area (Å²) in [7, 11) is 1.99. The van der Waals surface area contributed by atoms with Crippen LogP contribution in [0.1, 0.15) is 0 Å². The average Bonchev–Trinajstić information content (AvgIpc) is 3.14. The zero-order valence-corrected chi connectivity index (χ0v) is 13.8. The van der Waals surface area contributed by atoms with Crippen LogP contribution in [0.4, 0.5) is 17.2 Å². The van der Waals surface area contributed by atoms with E-state index in [4.69, 9.17) is 5.11 Å². The van der Waals surface area contributed by atoms with Gasteiger partial charge in [-0.3, -0.25) is 4.40 Å². The molecular weight excluding hydrogens is 316 g/mol. The molecular formula is C18H18N6O. The molecule has 0 unspecified atom stereocenters. The Morgan fingerprint density at radius 3 is 2.80 bits per heavy atom. The lowest BCUT2D eigenvalue weighted by Gasteiger charge is -2.20. The molecule has 126 valence electrons. The molecule has 7 nitrogen and oxygen atoms in total. The molecule has 2 aromatic heterocycles. The molecule has 0 bridgehead atoms. The van der Waals surface area contributed by atoms with Crippen LogP contribution in [0.5, 0.6) is 0 Å². The van der Waals surface area contributed by atoms with E-state index >= 15 is 0 Å². The van der Waals surface area contributed by atoms with Crippen molar-refractivity contribution in [3.05, 3.63) is 54.9 Å². The number of aromatic nitrogens is 4. The summed E-state index contributed by atoms with van der Waals surface area (Å²) in [5, 5.41) is 21.3. The van der Waals surface area contributed by atoms with E-state index in [1.54, 1.807) is 6.33 Å². The molecule has 4 aromatic rings. The van der Waals surface area contributed by atoms with E-state index in [2.05, 4.69) is 20.5 Å². The number of para-hydroxylation sites is 1. The lowest BCUT2D eigenvalue weighted by Crippen LogP contribution is -2.13. The maximum absolute atomic E-state index is 9.02. The van der Waals surface area contributed by atoms with Crippen molar-refractivity contribution in [2.45, 2.75) is 0 Å². The highest BCUT2D eigenvalue weighted by Crippen LogP contribution is 2.31. The number of benzene rings is 2. The Kier molecular flexibility index (Phi) is 3.91. The molecule has 0 aliphatic rings. The highest BCUT2D eigenvalue weighted by Gasteiger charge is 2.14. The summed E-state index contributed by atoms with van der Waals surface area (Å²) in [6.45, 7) is 0.580. The van der Waals surface area contributed by atoms with Crippen LogP contribution in [0.3, 0.4) is 0 Å². The van der Waals surface area contributed by atoms with E-state index in [1.807, 2.05) is 64.9 Å². The molecule has 0 saturated heterocycles. The molecule has 0 radical (unpaired) electrons. The molecule has 7 heteroatoms. The molecule has 0 saturated carbocycles. The lowest BCUT2D eigenvalue weighted by molar-refractivity contribution is 0.311. The zero-order chi connectivity index (χ0) is 17.2. The van der Waals surface area contributed by atoms with Crippen molar-refractivity contribution in [2.75, 3.05) is 30.4 Å². The minimum atomic E-state index is 0.0818. The summed E-state index contributed by atoms with van der Waals surface area (Å²) in [6, 6.07) is 16.1. The number of rotatable bonds is 5. The van der Waals surface area contributed by atoms with Crippen LogP contribution in [0, 0.1) is 0 Å². The quantitative estimate of drug-likeness (QED) is 0.584. The van der Waals surface area contributed by atoms with Gasteiger partial charge in [-0.15, -0.1) is 10.2 Å². The van der Waals surface area contributed by atoms with Crippen molar-refractivity contribution in [1.29, 1.82) is 0 Å². The third-order valence-corrected chi connectivity index (χ3v) is 4.14. The van der Waals surface area contributed by atoms with Gasteiger partial charge in [0.05, 0.1) is 12.1 Å². The summed E-state index contributed by atoms with van der Waals surface area (Å²) in [5.74, 6) is 1.36. The highest BCUT2D eigenvalue weighted by atomic mass is 16.3. The van der Waals surface area contributed by atoms with E-state index in [1.165, 1.54) is 0 Å². The SMILES string of the molecule is CN(c1ccccc1)c1nc2nncn2c2cc(NCCO)ccc12. The van der Waals surface area contributed by atoms with Gasteiger partial charge in [-0.1, -0.05) is 18.2 Å². The van der Waals surface area contributed by atoms with Gasteiger partial charge in [-0.25, -0.2) is 0 Å². The first-order valence-corrected chi connectivity index (χ1v) is 8.05. The van der Waals surface area contributed by atoms with E-state index < -0.39 is 0 Å². The van der Waals surface area contributed by atoms with Crippen LogP contribution < -0.4 is 10.2 Å². The van der Waals surface area contributed by atoms with Crippen molar-refractivity contribution >= 4 is 33.9 Å². The molecule has 0 aliphatic heterocycles. The van der Waals surface area contributed by atoms with Crippen LogP contribution in [-0.4, -0.2) is 44.9 Å². The van der Waals surface area contributed by atoms with Gasteiger partial charge in [-0.2, -0.15) is 4.98 Å². The van der Waals surface area contributed by atoms with Crippen LogP contribution >= 0.6 is 0 Å². The number of fused-ring (bicyclic) bond motifs is 3. The second-order valence-corrected chi connectivity index (χ2v) is 5.71. The van der Waals surface area contributed by atoms with Crippen LogP contribution in [-0.2, 0) is 0 Å². The summed E-state index contributed by atoms with van der Waals surface area (Å²) in [4.78, 5) is 6.73.